The van der Waals surface area contributed by atoms with Crippen molar-refractivity contribution in [2.24, 2.45) is 27.9 Å². The lowest BCUT2D eigenvalue weighted by Gasteiger charge is -2.27. The van der Waals surface area contributed by atoms with Crippen LogP contribution in [0.2, 0.25) is 0 Å². The number of anilines is 1. The Kier molecular flexibility index (Phi) is 5.30. The largest absolute Gasteiger partial charge is 0.478 e. The summed E-state index contributed by atoms with van der Waals surface area (Å²) in [6.07, 6.45) is 1.07. The molecular formula is C12H20N6O2. The van der Waals surface area contributed by atoms with Crippen molar-refractivity contribution >= 4 is 17.6 Å². The van der Waals surface area contributed by atoms with Crippen LogP contribution in [0.1, 0.15) is 23.2 Å². The second-order valence-corrected chi connectivity index (χ2v) is 4.46. The van der Waals surface area contributed by atoms with Gasteiger partial charge in [0.2, 0.25) is 0 Å². The van der Waals surface area contributed by atoms with Crippen molar-refractivity contribution in [1.82, 2.24) is 0 Å². The molecule has 8 nitrogen and oxygen atoms in total. The maximum atomic E-state index is 10.7. The van der Waals surface area contributed by atoms with Gasteiger partial charge in [-0.25, -0.2) is 4.79 Å². The summed E-state index contributed by atoms with van der Waals surface area (Å²) in [6, 6.07) is 6.15. The Morgan fingerprint density at radius 3 is 2.35 bits per heavy atom. The predicted molar refractivity (Wildman–Crippen MR) is 78.0 cm³/mol. The number of carboxylic acid groups (broad SMARTS) is 1. The van der Waals surface area contributed by atoms with Crippen molar-refractivity contribution in [3.63, 3.8) is 0 Å². The number of nitrogens with two attached hydrogens (primary N) is 4. The monoisotopic (exact) mass is 280 g/mol. The molecule has 0 saturated heterocycles. The van der Waals surface area contributed by atoms with Gasteiger partial charge in [0.25, 0.3) is 0 Å². The van der Waals surface area contributed by atoms with Gasteiger partial charge in [0.15, 0.2) is 5.96 Å². The first-order valence-corrected chi connectivity index (χ1v) is 6.05. The number of carboxylic acids is 1. The average Bonchev–Trinajstić information content (AvgIpc) is 2.34. The van der Waals surface area contributed by atoms with E-state index in [4.69, 9.17) is 28.0 Å². The van der Waals surface area contributed by atoms with Gasteiger partial charge in [0.05, 0.1) is 5.56 Å². The SMILES string of the molecule is NC(N)=NCCCC(N)(N)Nc1ccc(C(=O)O)cc1. The first kappa shape index (κ1) is 15.7. The predicted octanol–water partition coefficient (Wildman–Crippen LogP) is -0.578. The summed E-state index contributed by atoms with van der Waals surface area (Å²) < 4.78 is 0. The second kappa shape index (κ2) is 6.73. The van der Waals surface area contributed by atoms with Gasteiger partial charge < -0.3 is 21.9 Å². The molecule has 0 aromatic heterocycles. The first-order chi connectivity index (χ1) is 9.30. The molecule has 8 heteroatoms. The van der Waals surface area contributed by atoms with Crippen molar-refractivity contribution < 1.29 is 9.90 Å². The third kappa shape index (κ3) is 5.55. The molecule has 0 aliphatic heterocycles. The molecule has 0 aliphatic carbocycles. The van der Waals surface area contributed by atoms with Crippen molar-refractivity contribution in [2.45, 2.75) is 18.6 Å². The number of carbonyl (C=O) groups is 1. The van der Waals surface area contributed by atoms with E-state index in [9.17, 15) is 4.79 Å². The standard InChI is InChI=1S/C12H20N6O2/c13-11(14)17-7-1-6-12(15,16)18-9-4-2-8(3-5-9)10(19)20/h2-5,18H,1,6-7,15-16H2,(H,19,20)(H4,13,14,17). The molecule has 110 valence electrons. The molecule has 1 aromatic carbocycles. The molecule has 0 heterocycles. The number of hydrogen-bond donors (Lipinski definition) is 6. The molecule has 0 atom stereocenters. The summed E-state index contributed by atoms with van der Waals surface area (Å²) in [6.45, 7) is 0.443. The molecule has 0 unspecified atom stereocenters. The molecule has 0 aliphatic rings. The smallest absolute Gasteiger partial charge is 0.335 e. The number of aliphatic imine (C=N–C) groups is 1. The zero-order valence-electron chi connectivity index (χ0n) is 11.0. The molecule has 0 radical (unpaired) electrons. The fourth-order valence-corrected chi connectivity index (χ4v) is 1.61. The van der Waals surface area contributed by atoms with Crippen molar-refractivity contribution in [2.75, 3.05) is 11.9 Å². The fraction of sp³-hybridized carbons (Fsp3) is 0.333. The van der Waals surface area contributed by atoms with Gasteiger partial charge >= 0.3 is 5.97 Å². The zero-order chi connectivity index (χ0) is 15.2. The highest BCUT2D eigenvalue weighted by molar-refractivity contribution is 5.88. The van der Waals surface area contributed by atoms with Crippen LogP contribution in [0.3, 0.4) is 0 Å². The van der Waals surface area contributed by atoms with Crippen LogP contribution in [0, 0.1) is 0 Å². The topological polar surface area (TPSA) is 166 Å². The molecule has 0 fully saturated rings. The number of guanidine groups is 1. The van der Waals surface area contributed by atoms with Crippen molar-refractivity contribution in [3.05, 3.63) is 29.8 Å². The number of hydrogen-bond acceptors (Lipinski definition) is 5. The third-order valence-corrected chi connectivity index (χ3v) is 2.55. The zero-order valence-corrected chi connectivity index (χ0v) is 11.0. The van der Waals surface area contributed by atoms with Gasteiger partial charge in [0.1, 0.15) is 5.79 Å². The number of benzene rings is 1. The van der Waals surface area contributed by atoms with E-state index in [1.165, 1.54) is 12.1 Å². The molecule has 0 spiro atoms. The minimum atomic E-state index is -1.12. The lowest BCUT2D eigenvalue weighted by molar-refractivity contribution is 0.0697. The van der Waals surface area contributed by atoms with Crippen molar-refractivity contribution in [3.8, 4) is 0 Å². The Bertz CT molecular complexity index is 479. The Morgan fingerprint density at radius 1 is 1.25 bits per heavy atom. The van der Waals surface area contributed by atoms with Crippen LogP contribution >= 0.6 is 0 Å². The normalized spacial score (nSPS) is 10.9. The van der Waals surface area contributed by atoms with Crippen LogP contribution in [0.25, 0.3) is 0 Å². The summed E-state index contributed by atoms with van der Waals surface area (Å²) in [5, 5.41) is 11.7. The maximum Gasteiger partial charge on any atom is 0.335 e. The average molecular weight is 280 g/mol. The summed E-state index contributed by atoms with van der Waals surface area (Å²) in [5.41, 5.74) is 23.1. The number of aromatic carboxylic acids is 1. The Labute approximate surface area is 116 Å². The van der Waals surface area contributed by atoms with E-state index in [-0.39, 0.29) is 11.5 Å². The van der Waals surface area contributed by atoms with E-state index in [0.29, 0.717) is 25.1 Å². The van der Waals surface area contributed by atoms with Gasteiger partial charge in [-0.2, -0.15) is 0 Å². The van der Waals surface area contributed by atoms with E-state index in [0.717, 1.165) is 0 Å². The maximum absolute atomic E-state index is 10.7. The fourth-order valence-electron chi connectivity index (χ4n) is 1.61. The highest BCUT2D eigenvalue weighted by Gasteiger charge is 2.18. The van der Waals surface area contributed by atoms with Crippen molar-refractivity contribution in [1.29, 1.82) is 0 Å². The molecule has 1 aromatic rings. The van der Waals surface area contributed by atoms with Gasteiger partial charge in [-0.15, -0.1) is 0 Å². The minimum absolute atomic E-state index is 0.0295. The van der Waals surface area contributed by atoms with E-state index >= 15 is 0 Å². The molecule has 1 rings (SSSR count). The van der Waals surface area contributed by atoms with E-state index in [1.807, 2.05) is 0 Å². The highest BCUT2D eigenvalue weighted by atomic mass is 16.4. The Hall–Kier alpha value is -2.32. The van der Waals surface area contributed by atoms with Gasteiger partial charge in [-0.1, -0.05) is 0 Å². The summed E-state index contributed by atoms with van der Waals surface area (Å²) in [4.78, 5) is 14.6. The molecule has 0 amide bonds. The van der Waals surface area contributed by atoms with Crippen LogP contribution < -0.4 is 28.3 Å². The third-order valence-electron chi connectivity index (χ3n) is 2.55. The van der Waals surface area contributed by atoms with Gasteiger partial charge in [0, 0.05) is 12.2 Å². The summed E-state index contributed by atoms with van der Waals surface area (Å²) in [7, 11) is 0. The summed E-state index contributed by atoms with van der Waals surface area (Å²) in [5.74, 6) is -2.08. The van der Waals surface area contributed by atoms with Crippen LogP contribution in [-0.4, -0.2) is 29.4 Å². The van der Waals surface area contributed by atoms with E-state index in [2.05, 4.69) is 10.3 Å². The van der Waals surface area contributed by atoms with E-state index in [1.54, 1.807) is 12.1 Å². The lowest BCUT2D eigenvalue weighted by atomic mass is 10.1. The lowest BCUT2D eigenvalue weighted by Crippen LogP contribution is -2.56. The minimum Gasteiger partial charge on any atom is -0.478 e. The van der Waals surface area contributed by atoms with E-state index < -0.39 is 11.8 Å². The molecule has 0 saturated carbocycles. The number of nitrogens with one attached hydrogen (secondary N) is 1. The molecular weight excluding hydrogens is 260 g/mol. The van der Waals surface area contributed by atoms with Crippen LogP contribution in [0.4, 0.5) is 5.69 Å². The first-order valence-electron chi connectivity index (χ1n) is 6.05. The van der Waals surface area contributed by atoms with Crippen LogP contribution in [0.5, 0.6) is 0 Å². The van der Waals surface area contributed by atoms with Gasteiger partial charge in [-0.3, -0.25) is 16.5 Å². The summed E-state index contributed by atoms with van der Waals surface area (Å²) >= 11 is 0. The highest BCUT2D eigenvalue weighted by Crippen LogP contribution is 2.14. The number of rotatable bonds is 7. The Morgan fingerprint density at radius 2 is 1.85 bits per heavy atom. The Balaban J connectivity index is 2.52. The number of nitrogens with zero attached hydrogens (tertiary/aromatic N) is 1. The molecule has 0 bridgehead atoms. The van der Waals surface area contributed by atoms with Crippen LogP contribution in [0.15, 0.2) is 29.3 Å². The quantitative estimate of drug-likeness (QED) is 0.168. The van der Waals surface area contributed by atoms with Crippen LogP contribution in [-0.2, 0) is 0 Å². The molecule has 20 heavy (non-hydrogen) atoms. The second-order valence-electron chi connectivity index (χ2n) is 4.46. The van der Waals surface area contributed by atoms with Gasteiger partial charge in [-0.05, 0) is 37.1 Å². The molecule has 10 N–H and O–H groups in total.